The number of nitrogens with zero attached hydrogens (tertiary/aromatic N) is 2. The van der Waals surface area contributed by atoms with E-state index in [0.717, 1.165) is 29.7 Å². The summed E-state index contributed by atoms with van der Waals surface area (Å²) in [6.07, 6.45) is 5.34. The number of carbonyl (C=O) groups is 3. The number of fused-ring (bicyclic) bond motifs is 1. The van der Waals surface area contributed by atoms with Gasteiger partial charge in [-0.05, 0) is 50.3 Å². The number of amides is 2. The van der Waals surface area contributed by atoms with E-state index in [9.17, 15) is 19.5 Å². The van der Waals surface area contributed by atoms with Crippen LogP contribution in [0.15, 0.2) is 30.9 Å². The number of thioether (sulfide) groups is 1. The molecule has 1 spiro atoms. The third-order valence-corrected chi connectivity index (χ3v) is 11.1. The molecule has 3 aliphatic heterocycles. The molecule has 4 rings (SSSR count). The summed E-state index contributed by atoms with van der Waals surface area (Å²) in [6.45, 7) is 8.64. The van der Waals surface area contributed by atoms with Gasteiger partial charge in [0, 0.05) is 35.5 Å². The largest absolute Gasteiger partial charge is 0.481 e. The van der Waals surface area contributed by atoms with Crippen LogP contribution in [-0.4, -0.2) is 73.5 Å². The van der Waals surface area contributed by atoms with Crippen LogP contribution < -0.4 is 4.90 Å². The minimum Gasteiger partial charge on any atom is -0.481 e. The number of hydrogen-bond donors (Lipinski definition) is 2. The molecule has 1 aromatic carbocycles. The average molecular weight is 580 g/mol. The molecule has 0 aromatic heterocycles. The van der Waals surface area contributed by atoms with Crippen molar-refractivity contribution >= 4 is 51.2 Å². The van der Waals surface area contributed by atoms with Crippen LogP contribution in [0.5, 0.6) is 0 Å². The van der Waals surface area contributed by atoms with Crippen molar-refractivity contribution in [2.75, 3.05) is 24.6 Å². The summed E-state index contributed by atoms with van der Waals surface area (Å²) in [5.41, 5.74) is 2.77. The van der Waals surface area contributed by atoms with Crippen LogP contribution in [0.25, 0.3) is 0 Å². The number of likely N-dealkylation sites (tertiary alicyclic amines) is 1. The van der Waals surface area contributed by atoms with Crippen LogP contribution in [-0.2, 0) is 14.4 Å². The Morgan fingerprint density at radius 3 is 2.67 bits per heavy atom. The quantitative estimate of drug-likeness (QED) is 0.234. The molecular formula is C27H35BrN2O5S. The first kappa shape index (κ1) is 27.2. The number of aliphatic hydroxyl groups is 1. The lowest BCUT2D eigenvalue weighted by molar-refractivity contribution is -0.148. The standard InChI is InChI=1S/C27H35BrN2O5S/c1-4-11-29(19-14-16(2)9-10-17(19)3)25(33)23-27-15-18(28)22(36-27)20(26(34)35)21(27)24(32)30(23)12-7-5-6-8-13-31/h4,9-10,14,18,20-23,31H,1,5-8,11-13,15H2,2-3H3,(H,34,35)/t18?,20-,21+,22-,23?,27?/m1/s1. The number of rotatable bonds is 11. The number of carboxylic acid groups (broad SMARTS) is 1. The van der Waals surface area contributed by atoms with E-state index in [4.69, 9.17) is 5.11 Å². The van der Waals surface area contributed by atoms with E-state index in [0.29, 0.717) is 32.4 Å². The predicted octanol–water partition coefficient (Wildman–Crippen LogP) is 3.92. The molecule has 2 N–H and O–H groups in total. The number of carboxylic acids is 1. The number of anilines is 1. The maximum atomic E-state index is 14.5. The first-order valence-electron chi connectivity index (χ1n) is 12.6. The highest BCUT2D eigenvalue weighted by atomic mass is 79.9. The second-order valence-corrected chi connectivity index (χ2v) is 12.9. The first-order chi connectivity index (χ1) is 17.2. The molecule has 1 aromatic rings. The van der Waals surface area contributed by atoms with Crippen molar-refractivity contribution in [2.24, 2.45) is 11.8 Å². The molecule has 3 fully saturated rings. The Balaban J connectivity index is 1.75. The van der Waals surface area contributed by atoms with E-state index in [-0.39, 0.29) is 28.5 Å². The number of benzene rings is 1. The van der Waals surface area contributed by atoms with Gasteiger partial charge in [-0.15, -0.1) is 18.3 Å². The number of halogens is 1. The fourth-order valence-electron chi connectivity index (χ4n) is 6.27. The Morgan fingerprint density at radius 2 is 2.00 bits per heavy atom. The van der Waals surface area contributed by atoms with Gasteiger partial charge in [0.15, 0.2) is 0 Å². The average Bonchev–Trinajstić information content (AvgIpc) is 3.42. The zero-order chi connectivity index (χ0) is 26.2. The lowest BCUT2D eigenvalue weighted by Gasteiger charge is -2.38. The summed E-state index contributed by atoms with van der Waals surface area (Å²) in [6, 6.07) is 5.23. The van der Waals surface area contributed by atoms with Gasteiger partial charge in [0.05, 0.1) is 16.6 Å². The molecule has 0 aliphatic carbocycles. The first-order valence-corrected chi connectivity index (χ1v) is 14.4. The third-order valence-electron chi connectivity index (χ3n) is 7.85. The molecule has 2 amide bonds. The number of hydrogen-bond acceptors (Lipinski definition) is 5. The normalized spacial score (nSPS) is 30.5. The number of aliphatic carboxylic acids is 1. The number of aryl methyl sites for hydroxylation is 2. The SMILES string of the molecule is C=CCN(C(=O)C1N(CCCCCCO)C(=O)[C@@H]2[C@@H](C(=O)O)[C@@H]3SC12CC3Br)c1cc(C)ccc1C. The fourth-order valence-corrected chi connectivity index (χ4v) is 9.87. The molecule has 0 saturated carbocycles. The van der Waals surface area contributed by atoms with Crippen molar-refractivity contribution < 1.29 is 24.6 Å². The monoisotopic (exact) mass is 578 g/mol. The van der Waals surface area contributed by atoms with E-state index in [2.05, 4.69) is 22.5 Å². The maximum absolute atomic E-state index is 14.5. The summed E-state index contributed by atoms with van der Waals surface area (Å²) >= 11 is 5.21. The van der Waals surface area contributed by atoms with Gasteiger partial charge < -0.3 is 20.0 Å². The molecule has 6 atom stereocenters. The van der Waals surface area contributed by atoms with Crippen molar-refractivity contribution in [1.29, 1.82) is 0 Å². The van der Waals surface area contributed by atoms with Crippen molar-refractivity contribution in [3.8, 4) is 0 Å². The highest BCUT2D eigenvalue weighted by Crippen LogP contribution is 2.67. The number of carbonyl (C=O) groups excluding carboxylic acids is 2. The molecule has 9 heteroatoms. The number of aliphatic hydroxyl groups excluding tert-OH is 1. The van der Waals surface area contributed by atoms with Crippen LogP contribution in [0.1, 0.15) is 43.2 Å². The van der Waals surface area contributed by atoms with Gasteiger partial charge in [0.25, 0.3) is 5.91 Å². The molecule has 0 radical (unpaired) electrons. The van der Waals surface area contributed by atoms with Gasteiger partial charge in [0.1, 0.15) is 6.04 Å². The van der Waals surface area contributed by atoms with Gasteiger partial charge in [-0.2, -0.15) is 0 Å². The van der Waals surface area contributed by atoms with Crippen molar-refractivity contribution in [3.05, 3.63) is 42.0 Å². The topological polar surface area (TPSA) is 98.2 Å². The molecule has 3 aliphatic rings. The molecule has 7 nitrogen and oxygen atoms in total. The van der Waals surface area contributed by atoms with Crippen LogP contribution in [0.4, 0.5) is 5.69 Å². The molecule has 3 heterocycles. The van der Waals surface area contributed by atoms with Crippen LogP contribution in [0.2, 0.25) is 0 Å². The smallest absolute Gasteiger partial charge is 0.308 e. The second-order valence-electron chi connectivity index (χ2n) is 10.2. The van der Waals surface area contributed by atoms with Crippen molar-refractivity contribution in [2.45, 2.75) is 66.8 Å². The molecule has 3 unspecified atom stereocenters. The summed E-state index contributed by atoms with van der Waals surface area (Å²) in [5, 5.41) is 19.0. The highest BCUT2D eigenvalue weighted by Gasteiger charge is 2.76. The van der Waals surface area contributed by atoms with E-state index in [1.165, 1.54) is 11.8 Å². The third kappa shape index (κ3) is 4.52. The summed E-state index contributed by atoms with van der Waals surface area (Å²) in [4.78, 5) is 44.0. The van der Waals surface area contributed by atoms with Gasteiger partial charge in [-0.3, -0.25) is 14.4 Å². The van der Waals surface area contributed by atoms with E-state index in [1.807, 2.05) is 32.0 Å². The minimum atomic E-state index is -0.967. The predicted molar refractivity (Wildman–Crippen MR) is 146 cm³/mol. The van der Waals surface area contributed by atoms with Crippen LogP contribution in [0, 0.1) is 25.7 Å². The van der Waals surface area contributed by atoms with Gasteiger partial charge in [-0.1, -0.05) is 47.0 Å². The van der Waals surface area contributed by atoms with E-state index >= 15 is 0 Å². The Kier molecular flexibility index (Phi) is 8.22. The van der Waals surface area contributed by atoms with E-state index < -0.39 is 28.6 Å². The summed E-state index contributed by atoms with van der Waals surface area (Å²) in [7, 11) is 0. The molecule has 3 saturated heterocycles. The maximum Gasteiger partial charge on any atom is 0.308 e. The Bertz CT molecular complexity index is 1050. The Hall–Kier alpha value is -1.84. The van der Waals surface area contributed by atoms with Crippen LogP contribution in [0.3, 0.4) is 0 Å². The number of alkyl halides is 1. The summed E-state index contributed by atoms with van der Waals surface area (Å²) < 4.78 is -0.779. The Labute approximate surface area is 225 Å². The number of unbranched alkanes of at least 4 members (excludes halogenated alkanes) is 3. The zero-order valence-corrected chi connectivity index (χ0v) is 23.3. The second kappa shape index (κ2) is 10.9. The van der Waals surface area contributed by atoms with Gasteiger partial charge >= 0.3 is 5.97 Å². The van der Waals surface area contributed by atoms with E-state index in [1.54, 1.807) is 15.9 Å². The van der Waals surface area contributed by atoms with Gasteiger partial charge in [-0.25, -0.2) is 0 Å². The van der Waals surface area contributed by atoms with Crippen molar-refractivity contribution in [1.82, 2.24) is 4.90 Å². The molecule has 36 heavy (non-hydrogen) atoms. The van der Waals surface area contributed by atoms with Crippen LogP contribution >= 0.6 is 27.7 Å². The lowest BCUT2D eigenvalue weighted by atomic mass is 9.71. The minimum absolute atomic E-state index is 0.0685. The Morgan fingerprint density at radius 1 is 1.28 bits per heavy atom. The van der Waals surface area contributed by atoms with Crippen molar-refractivity contribution in [3.63, 3.8) is 0 Å². The molecular weight excluding hydrogens is 544 g/mol. The van der Waals surface area contributed by atoms with Gasteiger partial charge in [0.2, 0.25) is 5.91 Å². The molecule has 196 valence electrons. The highest BCUT2D eigenvalue weighted by molar-refractivity contribution is 9.09. The molecule has 2 bridgehead atoms. The lowest BCUT2D eigenvalue weighted by Crippen LogP contribution is -2.55. The fraction of sp³-hybridized carbons (Fsp3) is 0.593. The summed E-state index contributed by atoms with van der Waals surface area (Å²) in [5.74, 6) is -2.88. The zero-order valence-electron chi connectivity index (χ0n) is 20.9.